The summed E-state index contributed by atoms with van der Waals surface area (Å²) in [6, 6.07) is 14.3. The normalized spacial score (nSPS) is 29.6. The highest BCUT2D eigenvalue weighted by Gasteiger charge is 2.65. The van der Waals surface area contributed by atoms with E-state index in [1.165, 1.54) is 20.0 Å². The first-order valence-corrected chi connectivity index (χ1v) is 14.2. The highest BCUT2D eigenvalue weighted by molar-refractivity contribution is 8.01. The quantitative estimate of drug-likeness (QED) is 0.443. The van der Waals surface area contributed by atoms with E-state index < -0.39 is 5.54 Å². The van der Waals surface area contributed by atoms with Crippen LogP contribution in [0.25, 0.3) is 0 Å². The molecule has 0 N–H and O–H groups in total. The van der Waals surface area contributed by atoms with Gasteiger partial charge in [0.1, 0.15) is 6.61 Å². The van der Waals surface area contributed by atoms with Crippen LogP contribution in [-0.2, 0) is 28.1 Å². The molecule has 0 radical (unpaired) electrons. The topological polar surface area (TPSA) is 48.0 Å². The number of hydrogen-bond acceptors (Lipinski definition) is 6. The molecule has 1 spiro atoms. The number of ether oxygens (including phenoxy) is 3. The molecular weight excluding hydrogens is 470 g/mol. The Labute approximate surface area is 219 Å². The summed E-state index contributed by atoms with van der Waals surface area (Å²) in [4.78, 5) is 16.2. The first-order valence-electron chi connectivity index (χ1n) is 13.2. The summed E-state index contributed by atoms with van der Waals surface area (Å²) in [5, 5.41) is 0. The molecule has 1 saturated carbocycles. The molecule has 2 heterocycles. The Morgan fingerprint density at radius 2 is 1.92 bits per heavy atom. The van der Waals surface area contributed by atoms with Crippen LogP contribution < -0.4 is 9.47 Å². The molecule has 5 rings (SSSR count). The van der Waals surface area contributed by atoms with Crippen LogP contribution in [0.3, 0.4) is 0 Å². The van der Waals surface area contributed by atoms with Crippen molar-refractivity contribution in [3.05, 3.63) is 59.2 Å². The van der Waals surface area contributed by atoms with Crippen molar-refractivity contribution in [3.8, 4) is 11.5 Å². The molecule has 1 aliphatic carbocycles. The summed E-state index contributed by atoms with van der Waals surface area (Å²) in [6.07, 6.45) is 4.47. The Balaban J connectivity index is 1.55. The second-order valence-electron chi connectivity index (χ2n) is 11.0. The van der Waals surface area contributed by atoms with E-state index in [2.05, 4.69) is 43.9 Å². The number of benzene rings is 2. The largest absolute Gasteiger partial charge is 0.493 e. The van der Waals surface area contributed by atoms with Gasteiger partial charge in [0.15, 0.2) is 17.0 Å². The van der Waals surface area contributed by atoms with Crippen molar-refractivity contribution in [2.45, 2.75) is 63.5 Å². The fourth-order valence-electron chi connectivity index (χ4n) is 6.71. The predicted molar refractivity (Wildman–Crippen MR) is 144 cm³/mol. The molecule has 36 heavy (non-hydrogen) atoms. The minimum absolute atomic E-state index is 0.0468. The molecule has 2 aromatic rings. The second kappa shape index (κ2) is 9.94. The number of hydrogen-bond donors (Lipinski definition) is 0. The lowest BCUT2D eigenvalue weighted by Crippen LogP contribution is -2.63. The van der Waals surface area contributed by atoms with Crippen LogP contribution in [0.1, 0.15) is 56.7 Å². The van der Waals surface area contributed by atoms with Crippen molar-refractivity contribution >= 4 is 17.7 Å². The van der Waals surface area contributed by atoms with Crippen LogP contribution in [0.15, 0.2) is 42.5 Å². The summed E-state index contributed by atoms with van der Waals surface area (Å²) < 4.78 is 17.6. The van der Waals surface area contributed by atoms with Gasteiger partial charge in [-0.2, -0.15) is 0 Å². The molecule has 2 fully saturated rings. The van der Waals surface area contributed by atoms with Gasteiger partial charge in [-0.15, -0.1) is 11.8 Å². The van der Waals surface area contributed by atoms with Gasteiger partial charge in [0.05, 0.1) is 19.1 Å². The molecule has 2 aromatic carbocycles. The lowest BCUT2D eigenvalue weighted by molar-refractivity contribution is -0.159. The third-order valence-electron chi connectivity index (χ3n) is 8.89. The standard InChI is InChI=1S/C30H39NO4S/c1-20(2)24-12-11-21(3)30(17-24)31-14-13-23-15-27(35-18-22-9-7-6-8-10-22)26(33-4)16-25(23)29(31,19-36-30)28(32)34-5/h6-10,15-16,20-21,24H,11-14,17-19H2,1-5H3/t21-,24-,29-,30?/m1/s1. The molecular formula is C30H39NO4S. The van der Waals surface area contributed by atoms with E-state index in [0.717, 1.165) is 41.8 Å². The van der Waals surface area contributed by atoms with Gasteiger partial charge in [0.2, 0.25) is 0 Å². The minimum Gasteiger partial charge on any atom is -0.493 e. The first-order chi connectivity index (χ1) is 17.4. The molecule has 1 unspecified atom stereocenters. The summed E-state index contributed by atoms with van der Waals surface area (Å²) >= 11 is 1.98. The van der Waals surface area contributed by atoms with Gasteiger partial charge in [0, 0.05) is 12.3 Å². The smallest absolute Gasteiger partial charge is 0.331 e. The van der Waals surface area contributed by atoms with Crippen LogP contribution in [0.4, 0.5) is 0 Å². The molecule has 194 valence electrons. The fourth-order valence-corrected chi connectivity index (χ4v) is 8.73. The highest BCUT2D eigenvalue weighted by Crippen LogP contribution is 2.62. The number of fused-ring (bicyclic) bond motifs is 4. The van der Waals surface area contributed by atoms with Crippen molar-refractivity contribution in [3.63, 3.8) is 0 Å². The average molecular weight is 510 g/mol. The Kier molecular flexibility index (Phi) is 7.03. The Bertz CT molecular complexity index is 1110. The summed E-state index contributed by atoms with van der Waals surface area (Å²) in [5.74, 6) is 3.76. The number of methoxy groups -OCH3 is 2. The van der Waals surface area contributed by atoms with Crippen molar-refractivity contribution < 1.29 is 19.0 Å². The summed E-state index contributed by atoms with van der Waals surface area (Å²) in [6.45, 7) is 8.38. The number of carbonyl (C=O) groups is 1. The van der Waals surface area contributed by atoms with E-state index in [4.69, 9.17) is 14.2 Å². The lowest BCUT2D eigenvalue weighted by Gasteiger charge is -2.54. The Hall–Kier alpha value is -2.18. The van der Waals surface area contributed by atoms with Crippen LogP contribution in [0, 0.1) is 17.8 Å². The maximum atomic E-state index is 13.7. The molecule has 0 bridgehead atoms. The fraction of sp³-hybridized carbons (Fsp3) is 0.567. The van der Waals surface area contributed by atoms with E-state index >= 15 is 0 Å². The van der Waals surface area contributed by atoms with Gasteiger partial charge in [-0.25, -0.2) is 4.79 Å². The van der Waals surface area contributed by atoms with Crippen molar-refractivity contribution in [2.75, 3.05) is 26.5 Å². The zero-order valence-electron chi connectivity index (χ0n) is 22.2. The van der Waals surface area contributed by atoms with E-state index in [-0.39, 0.29) is 10.8 Å². The van der Waals surface area contributed by atoms with Gasteiger partial charge < -0.3 is 14.2 Å². The lowest BCUT2D eigenvalue weighted by atomic mass is 9.71. The van der Waals surface area contributed by atoms with Crippen LogP contribution in [-0.4, -0.2) is 42.3 Å². The monoisotopic (exact) mass is 509 g/mol. The molecule has 3 aliphatic rings. The number of carbonyl (C=O) groups excluding carboxylic acids is 1. The number of thioether (sulfide) groups is 1. The molecule has 1 saturated heterocycles. The predicted octanol–water partition coefficient (Wildman–Crippen LogP) is 6.04. The van der Waals surface area contributed by atoms with Crippen molar-refractivity contribution in [2.24, 2.45) is 17.8 Å². The third-order valence-corrected chi connectivity index (χ3v) is 10.7. The highest BCUT2D eigenvalue weighted by atomic mass is 32.2. The van der Waals surface area contributed by atoms with Crippen molar-refractivity contribution in [1.29, 1.82) is 0 Å². The summed E-state index contributed by atoms with van der Waals surface area (Å²) in [7, 11) is 3.19. The van der Waals surface area contributed by atoms with Gasteiger partial charge in [0.25, 0.3) is 0 Å². The molecule has 2 aliphatic heterocycles. The van der Waals surface area contributed by atoms with Crippen LogP contribution >= 0.6 is 11.8 Å². The van der Waals surface area contributed by atoms with E-state index in [9.17, 15) is 4.79 Å². The third kappa shape index (κ3) is 4.01. The molecule has 5 nitrogen and oxygen atoms in total. The molecule has 4 atom stereocenters. The van der Waals surface area contributed by atoms with Crippen LogP contribution in [0.5, 0.6) is 11.5 Å². The zero-order valence-corrected chi connectivity index (χ0v) is 23.0. The summed E-state index contributed by atoms with van der Waals surface area (Å²) in [5.41, 5.74) is 2.48. The van der Waals surface area contributed by atoms with Gasteiger partial charge in [-0.1, -0.05) is 51.1 Å². The maximum Gasteiger partial charge on any atom is 0.331 e. The average Bonchev–Trinajstić information content (AvgIpc) is 3.24. The maximum absolute atomic E-state index is 13.7. The minimum atomic E-state index is -0.800. The number of nitrogens with zero attached hydrogens (tertiary/aromatic N) is 1. The second-order valence-corrected chi connectivity index (χ2v) is 12.3. The Morgan fingerprint density at radius 3 is 2.61 bits per heavy atom. The van der Waals surface area contributed by atoms with Gasteiger partial charge >= 0.3 is 5.97 Å². The number of esters is 1. The van der Waals surface area contributed by atoms with Gasteiger partial charge in [-0.05, 0) is 72.3 Å². The molecule has 0 aromatic heterocycles. The van der Waals surface area contributed by atoms with E-state index in [1.54, 1.807) is 7.11 Å². The van der Waals surface area contributed by atoms with E-state index in [0.29, 0.717) is 35.9 Å². The van der Waals surface area contributed by atoms with E-state index in [1.807, 2.05) is 36.0 Å². The Morgan fingerprint density at radius 1 is 1.14 bits per heavy atom. The molecule has 0 amide bonds. The zero-order chi connectivity index (χ0) is 25.5. The van der Waals surface area contributed by atoms with Crippen LogP contribution in [0.2, 0.25) is 0 Å². The first kappa shape index (κ1) is 25.5. The SMILES string of the molecule is COC(=O)[C@]12CSC3(C[C@H](C(C)C)CC[C@H]3C)N1CCc1cc(OCc3ccccc3)c(OC)cc12. The number of rotatable bonds is 6. The van der Waals surface area contributed by atoms with Gasteiger partial charge in [-0.3, -0.25) is 4.90 Å². The molecule has 6 heteroatoms. The van der Waals surface area contributed by atoms with Crippen molar-refractivity contribution in [1.82, 2.24) is 4.90 Å².